The highest BCUT2D eigenvalue weighted by Gasteiger charge is 2.11. The van der Waals surface area contributed by atoms with Gasteiger partial charge < -0.3 is 0 Å². The summed E-state index contributed by atoms with van der Waals surface area (Å²) in [5.41, 5.74) is 0. The average molecular weight is 390 g/mol. The Balaban J connectivity index is 2.87. The summed E-state index contributed by atoms with van der Waals surface area (Å²) in [7, 11) is -3.31. The van der Waals surface area contributed by atoms with Gasteiger partial charge in [0.05, 0.1) is 4.90 Å². The second kappa shape index (κ2) is 5.43. The van der Waals surface area contributed by atoms with E-state index in [2.05, 4.69) is 43.2 Å². The normalized spacial score (nSPS) is 11.6. The minimum Gasteiger partial charge on any atom is -0.210 e. The second-order valence-corrected chi connectivity index (χ2v) is 6.30. The number of hydrogen-bond acceptors (Lipinski definition) is 2. The van der Waals surface area contributed by atoms with Crippen molar-refractivity contribution in [2.24, 2.45) is 0 Å². The van der Waals surface area contributed by atoms with Crippen molar-refractivity contribution in [1.29, 1.82) is 0 Å². The van der Waals surface area contributed by atoms with Crippen molar-refractivity contribution >= 4 is 48.5 Å². The van der Waals surface area contributed by atoms with Crippen LogP contribution in [0.15, 0.2) is 33.6 Å². The third kappa shape index (κ3) is 3.48. The van der Waals surface area contributed by atoms with Crippen LogP contribution in [0.3, 0.4) is 0 Å². The van der Waals surface area contributed by atoms with E-state index in [-0.39, 0.29) is 0 Å². The first-order valence-electron chi connectivity index (χ1n) is 3.87. The van der Waals surface area contributed by atoms with Gasteiger partial charge in [0.1, 0.15) is 0 Å². The molecule has 0 amide bonds. The van der Waals surface area contributed by atoms with E-state index in [0.717, 1.165) is 8.90 Å². The Morgan fingerprint density at radius 2 is 1.86 bits per heavy atom. The molecule has 0 atom stereocenters. The van der Waals surface area contributed by atoms with Crippen LogP contribution in [0.5, 0.6) is 0 Å². The quantitative estimate of drug-likeness (QED) is 0.633. The molecular weight excluding hydrogens is 381 g/mol. The van der Waals surface area contributed by atoms with Gasteiger partial charge in [-0.3, -0.25) is 0 Å². The van der Waals surface area contributed by atoms with Gasteiger partial charge >= 0.3 is 0 Å². The topological polar surface area (TPSA) is 46.2 Å². The summed E-state index contributed by atoms with van der Waals surface area (Å²) in [5, 5.41) is 0. The monoisotopic (exact) mass is 389 g/mol. The third-order valence-corrected chi connectivity index (χ3v) is 4.06. The lowest BCUT2D eigenvalue weighted by molar-refractivity contribution is 0.584. The number of halogens is 2. The molecule has 0 heterocycles. The molecule has 0 unspecified atom stereocenters. The highest BCUT2D eigenvalue weighted by Crippen LogP contribution is 2.14. The van der Waals surface area contributed by atoms with Crippen LogP contribution in [0.1, 0.15) is 0 Å². The number of sulfonamides is 1. The Bertz CT molecular complexity index is 390. The molecule has 0 aliphatic carbocycles. The molecule has 6 heteroatoms. The van der Waals surface area contributed by atoms with Crippen LogP contribution < -0.4 is 4.72 Å². The summed E-state index contributed by atoms with van der Waals surface area (Å²) in [6.07, 6.45) is 0. The van der Waals surface area contributed by atoms with Crippen LogP contribution >= 0.6 is 38.5 Å². The Labute approximate surface area is 106 Å². The lowest BCUT2D eigenvalue weighted by atomic mass is 10.4. The molecule has 1 aromatic rings. The summed E-state index contributed by atoms with van der Waals surface area (Å²) in [4.78, 5) is 0.297. The number of alkyl halides is 1. The van der Waals surface area contributed by atoms with Gasteiger partial charge in [-0.1, -0.05) is 38.5 Å². The molecule has 0 radical (unpaired) electrons. The maximum atomic E-state index is 11.6. The van der Waals surface area contributed by atoms with Crippen LogP contribution in [0.4, 0.5) is 0 Å². The number of benzene rings is 1. The van der Waals surface area contributed by atoms with Crippen LogP contribution in [-0.2, 0) is 10.0 Å². The molecule has 3 nitrogen and oxygen atoms in total. The zero-order valence-corrected chi connectivity index (χ0v) is 11.8. The van der Waals surface area contributed by atoms with Gasteiger partial charge in [0, 0.05) is 15.4 Å². The van der Waals surface area contributed by atoms with E-state index in [9.17, 15) is 8.42 Å². The van der Waals surface area contributed by atoms with Crippen molar-refractivity contribution in [3.05, 3.63) is 28.7 Å². The predicted molar refractivity (Wildman–Crippen MR) is 68.2 cm³/mol. The van der Waals surface area contributed by atoms with Crippen molar-refractivity contribution in [3.63, 3.8) is 0 Å². The minimum absolute atomic E-state index is 0.297. The fourth-order valence-corrected chi connectivity index (χ4v) is 2.80. The third-order valence-electron chi connectivity index (χ3n) is 1.51. The number of hydrogen-bond donors (Lipinski definition) is 1. The fourth-order valence-electron chi connectivity index (χ4n) is 0.870. The van der Waals surface area contributed by atoms with Gasteiger partial charge in [-0.25, -0.2) is 13.1 Å². The van der Waals surface area contributed by atoms with Crippen molar-refractivity contribution in [2.75, 3.05) is 11.0 Å². The maximum absolute atomic E-state index is 11.6. The fraction of sp³-hybridized carbons (Fsp3) is 0.250. The predicted octanol–water partition coefficient (Wildman–Crippen LogP) is 2.16. The largest absolute Gasteiger partial charge is 0.240 e. The number of nitrogens with one attached hydrogen (secondary N) is 1. The highest BCUT2D eigenvalue weighted by molar-refractivity contribution is 14.1. The Kier molecular flexibility index (Phi) is 4.81. The molecule has 0 spiro atoms. The molecule has 14 heavy (non-hydrogen) atoms. The lowest BCUT2D eigenvalue weighted by Crippen LogP contribution is -2.25. The summed E-state index contributed by atoms with van der Waals surface area (Å²) in [6.45, 7) is 0.457. The maximum Gasteiger partial charge on any atom is 0.240 e. The van der Waals surface area contributed by atoms with Gasteiger partial charge in [0.2, 0.25) is 10.0 Å². The summed E-state index contributed by atoms with van der Waals surface area (Å²) < 4.78 is 27.3. The van der Waals surface area contributed by atoms with E-state index in [1.165, 1.54) is 0 Å². The standard InChI is InChI=1S/C8H9BrINO2S/c9-7-1-3-8(4-2-7)14(12,13)11-6-5-10/h1-4,11H,5-6H2. The van der Waals surface area contributed by atoms with Gasteiger partial charge in [-0.2, -0.15) is 0 Å². The average Bonchev–Trinajstić information content (AvgIpc) is 2.16. The van der Waals surface area contributed by atoms with E-state index < -0.39 is 10.0 Å². The number of rotatable bonds is 4. The van der Waals surface area contributed by atoms with E-state index in [0.29, 0.717) is 11.4 Å². The molecule has 0 aromatic heterocycles. The second-order valence-electron chi connectivity index (χ2n) is 2.54. The first-order valence-corrected chi connectivity index (χ1v) is 7.67. The van der Waals surface area contributed by atoms with E-state index in [4.69, 9.17) is 0 Å². The van der Waals surface area contributed by atoms with E-state index in [1.807, 2.05) is 0 Å². The van der Waals surface area contributed by atoms with Crippen LogP contribution in [0.2, 0.25) is 0 Å². The molecular formula is C8H9BrINO2S. The van der Waals surface area contributed by atoms with Crippen molar-refractivity contribution in [3.8, 4) is 0 Å². The van der Waals surface area contributed by atoms with Gasteiger partial charge in [-0.15, -0.1) is 0 Å². The van der Waals surface area contributed by atoms with E-state index >= 15 is 0 Å². The molecule has 1 aromatic carbocycles. The highest BCUT2D eigenvalue weighted by atomic mass is 127. The van der Waals surface area contributed by atoms with Crippen molar-refractivity contribution < 1.29 is 8.42 Å². The molecule has 0 fully saturated rings. The SMILES string of the molecule is O=S(=O)(NCCI)c1ccc(Br)cc1. The molecule has 0 aliphatic heterocycles. The van der Waals surface area contributed by atoms with Crippen molar-refractivity contribution in [2.45, 2.75) is 4.90 Å². The Morgan fingerprint density at radius 1 is 1.29 bits per heavy atom. The molecule has 1 rings (SSSR count). The first kappa shape index (κ1) is 12.4. The summed E-state index contributed by atoms with van der Waals surface area (Å²) in [5.74, 6) is 0. The zero-order valence-electron chi connectivity index (χ0n) is 7.20. The summed E-state index contributed by atoms with van der Waals surface area (Å²) in [6, 6.07) is 6.55. The van der Waals surface area contributed by atoms with Crippen molar-refractivity contribution in [1.82, 2.24) is 4.72 Å². The van der Waals surface area contributed by atoms with Gasteiger partial charge in [0.15, 0.2) is 0 Å². The smallest absolute Gasteiger partial charge is 0.210 e. The summed E-state index contributed by atoms with van der Waals surface area (Å²) >= 11 is 5.37. The molecule has 0 bridgehead atoms. The molecule has 1 N–H and O–H groups in total. The molecule has 0 saturated heterocycles. The minimum atomic E-state index is -3.31. The molecule has 0 aliphatic rings. The van der Waals surface area contributed by atoms with E-state index in [1.54, 1.807) is 24.3 Å². The van der Waals surface area contributed by atoms with Crippen LogP contribution in [0, 0.1) is 0 Å². The lowest BCUT2D eigenvalue weighted by Gasteiger charge is -2.04. The Hall–Kier alpha value is 0.340. The molecule has 0 saturated carbocycles. The molecule has 78 valence electrons. The Morgan fingerprint density at radius 3 is 2.36 bits per heavy atom. The van der Waals surface area contributed by atoms with Gasteiger partial charge in [-0.05, 0) is 24.3 Å². The van der Waals surface area contributed by atoms with Gasteiger partial charge in [0.25, 0.3) is 0 Å². The van der Waals surface area contributed by atoms with Crippen LogP contribution in [-0.4, -0.2) is 19.4 Å². The van der Waals surface area contributed by atoms with Crippen LogP contribution in [0.25, 0.3) is 0 Å². The first-order chi connectivity index (χ1) is 6.56. The zero-order chi connectivity index (χ0) is 10.6.